The van der Waals surface area contributed by atoms with Gasteiger partial charge in [-0.15, -0.1) is 0 Å². The Labute approximate surface area is 216 Å². The molecule has 1 N–H and O–H groups in total. The second-order valence-corrected chi connectivity index (χ2v) is 9.77. The molecular weight excluding hydrogens is 464 g/mol. The number of carbonyl (C=O) groups excluding carboxylic acids is 2. The van der Waals surface area contributed by atoms with Crippen LogP contribution in [0.15, 0.2) is 89.3 Å². The highest BCUT2D eigenvalue weighted by atomic mass is 16.5. The van der Waals surface area contributed by atoms with Gasteiger partial charge in [-0.2, -0.15) is 4.57 Å². The van der Waals surface area contributed by atoms with E-state index in [9.17, 15) is 14.7 Å². The highest BCUT2D eigenvalue weighted by molar-refractivity contribution is 6.23. The highest BCUT2D eigenvalue weighted by Gasteiger charge is 2.43. The average Bonchev–Trinajstić information content (AvgIpc) is 3.11. The zero-order valence-electron chi connectivity index (χ0n) is 21.6. The van der Waals surface area contributed by atoms with E-state index in [-0.39, 0.29) is 35.2 Å². The number of anilines is 1. The molecule has 0 bridgehead atoms. The number of esters is 1. The van der Waals surface area contributed by atoms with Gasteiger partial charge in [0.2, 0.25) is 17.0 Å². The minimum absolute atomic E-state index is 0.0264. The number of benzene rings is 2. The molecule has 2 aliphatic rings. The summed E-state index contributed by atoms with van der Waals surface area (Å²) in [4.78, 5) is 27.6. The summed E-state index contributed by atoms with van der Waals surface area (Å²) in [6, 6.07) is 20.0. The maximum absolute atomic E-state index is 13.3. The van der Waals surface area contributed by atoms with Crippen LogP contribution in [-0.2, 0) is 26.3 Å². The minimum atomic E-state index is -0.473. The number of aryl methyl sites for hydroxylation is 1. The second-order valence-electron chi connectivity index (χ2n) is 9.77. The topological polar surface area (TPSA) is 70.7 Å². The molecule has 0 spiro atoms. The van der Waals surface area contributed by atoms with E-state index in [4.69, 9.17) is 4.74 Å². The lowest BCUT2D eigenvalue weighted by atomic mass is 9.80. The first-order valence-electron chi connectivity index (χ1n) is 12.6. The highest BCUT2D eigenvalue weighted by Crippen LogP contribution is 2.48. The Morgan fingerprint density at radius 1 is 1.03 bits per heavy atom. The van der Waals surface area contributed by atoms with Gasteiger partial charge in [0.25, 0.3) is 0 Å². The maximum Gasteiger partial charge on any atom is 0.325 e. The van der Waals surface area contributed by atoms with Crippen LogP contribution in [0.2, 0.25) is 0 Å². The van der Waals surface area contributed by atoms with Crippen LogP contribution in [0.4, 0.5) is 5.69 Å². The van der Waals surface area contributed by atoms with Crippen molar-refractivity contribution in [3.05, 3.63) is 101 Å². The molecule has 1 aliphatic heterocycles. The summed E-state index contributed by atoms with van der Waals surface area (Å²) in [6.07, 6.45) is 3.48. The molecule has 0 amide bonds. The number of para-hydroxylation sites is 2. The smallest absolute Gasteiger partial charge is 0.325 e. The SMILES string of the molecule is CCOC(=O)CN1C(=CC2=C(O)C(=Cc3ccc4ccccc4[n+]3CC)C2=O)C(C)(C)c2ccccc21. The fraction of sp³-hybridized carbons (Fsp3) is 0.258. The summed E-state index contributed by atoms with van der Waals surface area (Å²) < 4.78 is 7.33. The van der Waals surface area contributed by atoms with Crippen molar-refractivity contribution in [1.29, 1.82) is 0 Å². The maximum atomic E-state index is 13.3. The van der Waals surface area contributed by atoms with Gasteiger partial charge in [0.05, 0.1) is 17.8 Å². The molecule has 6 heteroatoms. The van der Waals surface area contributed by atoms with Crippen LogP contribution in [0.1, 0.15) is 39.0 Å². The van der Waals surface area contributed by atoms with Gasteiger partial charge in [0.15, 0.2) is 0 Å². The number of aliphatic hydroxyl groups excluding tert-OH is 1. The van der Waals surface area contributed by atoms with E-state index < -0.39 is 5.41 Å². The first kappa shape index (κ1) is 24.5. The molecule has 0 radical (unpaired) electrons. The van der Waals surface area contributed by atoms with Crippen LogP contribution < -0.4 is 9.47 Å². The molecule has 0 saturated heterocycles. The van der Waals surface area contributed by atoms with E-state index in [1.54, 1.807) is 19.1 Å². The predicted octanol–water partition coefficient (Wildman–Crippen LogP) is 5.17. The number of aliphatic hydroxyl groups is 1. The van der Waals surface area contributed by atoms with Crippen LogP contribution in [0.25, 0.3) is 17.0 Å². The van der Waals surface area contributed by atoms with E-state index >= 15 is 0 Å². The zero-order valence-corrected chi connectivity index (χ0v) is 21.6. The number of carbonyl (C=O) groups is 2. The van der Waals surface area contributed by atoms with Crippen molar-refractivity contribution in [2.24, 2.45) is 0 Å². The fourth-order valence-corrected chi connectivity index (χ4v) is 5.36. The Balaban J connectivity index is 1.56. The van der Waals surface area contributed by atoms with Gasteiger partial charge < -0.3 is 14.7 Å². The number of ether oxygens (including phenoxy) is 1. The van der Waals surface area contributed by atoms with Crippen molar-refractivity contribution in [3.8, 4) is 0 Å². The van der Waals surface area contributed by atoms with Crippen molar-refractivity contribution in [1.82, 2.24) is 0 Å². The molecular formula is C31H31N2O4+. The normalized spacial score (nSPS) is 18.5. The van der Waals surface area contributed by atoms with Crippen molar-refractivity contribution >= 4 is 34.4 Å². The third-order valence-electron chi connectivity index (χ3n) is 7.25. The molecule has 1 aromatic heterocycles. The van der Waals surface area contributed by atoms with Gasteiger partial charge in [-0.1, -0.05) is 44.2 Å². The molecule has 0 saturated carbocycles. The summed E-state index contributed by atoms with van der Waals surface area (Å²) in [7, 11) is 0. The molecule has 5 rings (SSSR count). The van der Waals surface area contributed by atoms with Crippen molar-refractivity contribution in [2.75, 3.05) is 18.1 Å². The number of pyridine rings is 1. The number of Topliss-reactive ketones (excluding diaryl/α,β-unsaturated/α-hetero) is 1. The molecule has 0 unspecified atom stereocenters. The summed E-state index contributed by atoms with van der Waals surface area (Å²) >= 11 is 0. The summed E-state index contributed by atoms with van der Waals surface area (Å²) in [5.41, 5.74) is 4.69. The molecule has 2 aromatic carbocycles. The summed E-state index contributed by atoms with van der Waals surface area (Å²) in [6.45, 7) is 8.99. The molecule has 3 aromatic rings. The van der Waals surface area contributed by atoms with Crippen LogP contribution in [0.5, 0.6) is 0 Å². The number of rotatable bonds is 6. The van der Waals surface area contributed by atoms with Gasteiger partial charge in [0, 0.05) is 40.4 Å². The van der Waals surface area contributed by atoms with Crippen LogP contribution in [0.3, 0.4) is 0 Å². The molecule has 6 nitrogen and oxygen atoms in total. The molecule has 2 heterocycles. The first-order chi connectivity index (χ1) is 17.8. The number of hydrogen-bond donors (Lipinski definition) is 1. The second kappa shape index (κ2) is 9.36. The molecule has 37 heavy (non-hydrogen) atoms. The molecule has 188 valence electrons. The van der Waals surface area contributed by atoms with Gasteiger partial charge in [0.1, 0.15) is 18.8 Å². The quantitative estimate of drug-likeness (QED) is 0.290. The standard InChI is InChI=1S/C31H30N2O4/c1-5-32-21(16-15-20-11-7-9-13-25(20)32)17-22-29(35)23(30(22)36)18-27-31(3,4)24-12-8-10-14-26(24)33(27)19-28(34)37-6-2/h7-18H,5-6,19H2,1-4H3/p+1. The van der Waals surface area contributed by atoms with Crippen LogP contribution in [0, 0.1) is 0 Å². The third-order valence-corrected chi connectivity index (χ3v) is 7.25. The Morgan fingerprint density at radius 3 is 2.49 bits per heavy atom. The lowest BCUT2D eigenvalue weighted by Crippen LogP contribution is -2.37. The first-order valence-corrected chi connectivity index (χ1v) is 12.6. The number of aromatic nitrogens is 1. The Hall–Kier alpha value is -4.19. The third kappa shape index (κ3) is 4.02. The fourth-order valence-electron chi connectivity index (χ4n) is 5.36. The predicted molar refractivity (Wildman–Crippen MR) is 144 cm³/mol. The van der Waals surface area contributed by atoms with Gasteiger partial charge in [-0.05, 0) is 43.7 Å². The van der Waals surface area contributed by atoms with Crippen molar-refractivity contribution in [3.63, 3.8) is 0 Å². The van der Waals surface area contributed by atoms with Crippen LogP contribution in [-0.4, -0.2) is 30.0 Å². The van der Waals surface area contributed by atoms with Gasteiger partial charge in [-0.25, -0.2) is 0 Å². The Kier molecular flexibility index (Phi) is 6.20. The van der Waals surface area contributed by atoms with Gasteiger partial charge >= 0.3 is 5.97 Å². The van der Waals surface area contributed by atoms with E-state index in [1.807, 2.05) is 59.5 Å². The molecule has 0 atom stereocenters. The van der Waals surface area contributed by atoms with Crippen molar-refractivity contribution < 1.29 is 24.0 Å². The Bertz CT molecular complexity index is 1530. The average molecular weight is 496 g/mol. The monoisotopic (exact) mass is 495 g/mol. The van der Waals surface area contributed by atoms with Crippen molar-refractivity contribution in [2.45, 2.75) is 39.7 Å². The number of fused-ring (bicyclic) bond motifs is 2. The summed E-state index contributed by atoms with van der Waals surface area (Å²) in [5.74, 6) is -0.597. The van der Waals surface area contributed by atoms with Gasteiger partial charge in [-0.3, -0.25) is 9.59 Å². The number of nitrogens with zero attached hydrogens (tertiary/aromatic N) is 2. The number of allylic oxidation sites excluding steroid dienone is 4. The number of hydrogen-bond acceptors (Lipinski definition) is 5. The number of ketones is 1. The molecule has 0 fully saturated rings. The largest absolute Gasteiger partial charge is 0.506 e. The lowest BCUT2D eigenvalue weighted by Gasteiger charge is -2.28. The van der Waals surface area contributed by atoms with Crippen LogP contribution >= 0.6 is 0 Å². The minimum Gasteiger partial charge on any atom is -0.506 e. The zero-order chi connectivity index (χ0) is 26.3. The lowest BCUT2D eigenvalue weighted by molar-refractivity contribution is -0.669. The van der Waals surface area contributed by atoms with E-state index in [2.05, 4.69) is 31.4 Å². The van der Waals surface area contributed by atoms with E-state index in [1.165, 1.54) is 0 Å². The van der Waals surface area contributed by atoms with E-state index in [0.29, 0.717) is 6.61 Å². The summed E-state index contributed by atoms with van der Waals surface area (Å²) in [5, 5.41) is 12.1. The molecule has 1 aliphatic carbocycles. The van der Waals surface area contributed by atoms with E-state index in [0.717, 1.165) is 40.1 Å². The Morgan fingerprint density at radius 2 is 1.76 bits per heavy atom.